The van der Waals surface area contributed by atoms with Gasteiger partial charge in [0.1, 0.15) is 17.2 Å². The van der Waals surface area contributed by atoms with E-state index in [1.165, 1.54) is 24.1 Å². The van der Waals surface area contributed by atoms with Crippen molar-refractivity contribution in [1.82, 2.24) is 20.2 Å². The lowest BCUT2D eigenvalue weighted by molar-refractivity contribution is 0.235. The van der Waals surface area contributed by atoms with E-state index in [9.17, 15) is 18.4 Å². The molecule has 4 N–H and O–H groups in total. The highest BCUT2D eigenvalue weighted by Crippen LogP contribution is 2.26. The molecule has 0 radical (unpaired) electrons. The molecule has 0 amide bonds. The summed E-state index contributed by atoms with van der Waals surface area (Å²) in [7, 11) is 0. The van der Waals surface area contributed by atoms with Crippen LogP contribution in [-0.4, -0.2) is 33.8 Å². The van der Waals surface area contributed by atoms with Crippen LogP contribution >= 0.6 is 23.5 Å². The second-order valence-electron chi connectivity index (χ2n) is 5.65. The number of fused-ring (bicyclic) bond motifs is 1. The molecule has 0 saturated carbocycles. The fraction of sp³-hybridized carbons (Fsp3) is 0.176. The predicted octanol–water partition coefficient (Wildman–Crippen LogP) is 4.10. The van der Waals surface area contributed by atoms with E-state index in [1.807, 2.05) is 11.7 Å². The maximum atomic E-state index is 14.2. The maximum Gasteiger partial charge on any atom is 0.186 e. The van der Waals surface area contributed by atoms with E-state index in [0.717, 1.165) is 12.1 Å². The zero-order valence-corrected chi connectivity index (χ0v) is 16.1. The van der Waals surface area contributed by atoms with Crippen LogP contribution < -0.4 is 10.2 Å². The van der Waals surface area contributed by atoms with Crippen LogP contribution in [-0.2, 0) is 6.42 Å². The number of aliphatic imine (C=N–C) groups is 1. The van der Waals surface area contributed by atoms with Gasteiger partial charge in [-0.3, -0.25) is 15.4 Å². The Bertz CT molecular complexity index is 1040. The third-order valence-corrected chi connectivity index (χ3v) is 4.61. The van der Waals surface area contributed by atoms with Gasteiger partial charge in [0.25, 0.3) is 0 Å². The molecule has 0 aliphatic rings. The smallest absolute Gasteiger partial charge is 0.186 e. The minimum absolute atomic E-state index is 0.0495. The van der Waals surface area contributed by atoms with E-state index in [2.05, 4.69) is 19.7 Å². The monoisotopic (exact) mass is 429 g/mol. The lowest BCUT2D eigenvalue weighted by Gasteiger charge is -2.08. The number of hydrogen-bond acceptors (Lipinski definition) is 5. The van der Waals surface area contributed by atoms with E-state index in [1.54, 1.807) is 0 Å². The van der Waals surface area contributed by atoms with Crippen LogP contribution in [0.2, 0.25) is 5.02 Å². The van der Waals surface area contributed by atoms with Gasteiger partial charge in [0.2, 0.25) is 0 Å². The molecule has 0 fully saturated rings. The number of H-pyrrole nitrogens is 1. The molecule has 28 heavy (non-hydrogen) atoms. The summed E-state index contributed by atoms with van der Waals surface area (Å²) in [6, 6.07) is 4.54. The van der Waals surface area contributed by atoms with Gasteiger partial charge < -0.3 is 4.98 Å². The summed E-state index contributed by atoms with van der Waals surface area (Å²) in [5.41, 5.74) is 2.06. The van der Waals surface area contributed by atoms with Crippen molar-refractivity contribution in [2.24, 2.45) is 4.99 Å². The number of amidine groups is 1. The summed E-state index contributed by atoms with van der Waals surface area (Å²) in [4.78, 5) is 11.1. The Morgan fingerprint density at radius 1 is 1.29 bits per heavy atom. The van der Waals surface area contributed by atoms with Crippen LogP contribution in [0.25, 0.3) is 11.0 Å². The number of hydrogen-bond donors (Lipinski definition) is 4. The molecular formula is C17H15ClF3N5OS. The summed E-state index contributed by atoms with van der Waals surface area (Å²) < 4.78 is 44.7. The van der Waals surface area contributed by atoms with Crippen LogP contribution in [0.4, 0.5) is 18.9 Å². The molecule has 11 heteroatoms. The van der Waals surface area contributed by atoms with Crippen molar-refractivity contribution >= 4 is 46.1 Å². The highest BCUT2D eigenvalue weighted by molar-refractivity contribution is 7.96. The summed E-state index contributed by atoms with van der Waals surface area (Å²) in [6.07, 6.45) is 2.31. The maximum absolute atomic E-state index is 14.2. The van der Waals surface area contributed by atoms with E-state index < -0.39 is 17.5 Å². The van der Waals surface area contributed by atoms with Crippen molar-refractivity contribution in [3.8, 4) is 0 Å². The Morgan fingerprint density at radius 2 is 2.07 bits per heavy atom. The quantitative estimate of drug-likeness (QED) is 0.156. The molecule has 3 rings (SSSR count). The average molecular weight is 430 g/mol. The van der Waals surface area contributed by atoms with Gasteiger partial charge in [0.15, 0.2) is 17.5 Å². The summed E-state index contributed by atoms with van der Waals surface area (Å²) >= 11 is 7.15. The van der Waals surface area contributed by atoms with Gasteiger partial charge in [-0.2, -0.15) is 0 Å². The average Bonchev–Trinajstić information content (AvgIpc) is 3.10. The van der Waals surface area contributed by atoms with Crippen LogP contribution in [0.1, 0.15) is 11.4 Å². The Labute approximate surface area is 167 Å². The van der Waals surface area contributed by atoms with Gasteiger partial charge in [0.05, 0.1) is 16.2 Å². The molecule has 0 aliphatic heterocycles. The Balaban J connectivity index is 2.09. The van der Waals surface area contributed by atoms with Crippen LogP contribution in [0, 0.1) is 17.5 Å². The normalized spacial score (nSPS) is 12.0. The second kappa shape index (κ2) is 8.82. The number of aromatic nitrogens is 2. The summed E-state index contributed by atoms with van der Waals surface area (Å²) in [6.45, 7) is 0.563. The molecule has 3 aromatic rings. The molecule has 148 valence electrons. The van der Waals surface area contributed by atoms with Gasteiger partial charge in [-0.25, -0.2) is 23.1 Å². The zero-order chi connectivity index (χ0) is 20.3. The molecule has 0 aliphatic carbocycles. The first-order chi connectivity index (χ1) is 13.4. The summed E-state index contributed by atoms with van der Waals surface area (Å²) in [5, 5.41) is 9.35. The van der Waals surface area contributed by atoms with Crippen molar-refractivity contribution in [3.63, 3.8) is 0 Å². The molecule has 0 spiro atoms. The van der Waals surface area contributed by atoms with Crippen molar-refractivity contribution in [2.75, 3.05) is 12.8 Å². The number of aromatic amines is 1. The number of benzene rings is 2. The highest BCUT2D eigenvalue weighted by Gasteiger charge is 2.20. The van der Waals surface area contributed by atoms with Crippen LogP contribution in [0.5, 0.6) is 0 Å². The van der Waals surface area contributed by atoms with E-state index in [-0.39, 0.29) is 33.1 Å². The Hall–Kier alpha value is -2.27. The second-order valence-corrected chi connectivity index (χ2v) is 6.75. The Kier molecular flexibility index (Phi) is 6.45. The molecule has 0 unspecified atom stereocenters. The largest absolute Gasteiger partial charge is 0.341 e. The number of nitrogens with zero attached hydrogens (tertiary/aromatic N) is 2. The molecule has 2 aromatic carbocycles. The molecule has 0 saturated heterocycles. The first-order valence-corrected chi connectivity index (χ1v) is 9.61. The Morgan fingerprint density at radius 3 is 2.75 bits per heavy atom. The fourth-order valence-electron chi connectivity index (χ4n) is 2.56. The molecule has 1 heterocycles. The number of halogens is 4. The summed E-state index contributed by atoms with van der Waals surface area (Å²) in [5.74, 6) is -2.65. The first-order valence-electron chi connectivity index (χ1n) is 8.01. The van der Waals surface area contributed by atoms with E-state index >= 15 is 0 Å². The number of nitrogens with one attached hydrogen (secondary N) is 3. The number of hydroxylamine groups is 1. The molecular weight excluding hydrogens is 415 g/mol. The number of rotatable bonds is 6. The SMILES string of the molecule is CSNCCc1nc2c(F)c(F)cc(C(=Nc3ccc(F)c(Cl)c3)NO)c2[nH]1. The van der Waals surface area contributed by atoms with Crippen molar-refractivity contribution in [1.29, 1.82) is 0 Å². The van der Waals surface area contributed by atoms with E-state index in [0.29, 0.717) is 18.8 Å². The fourth-order valence-corrected chi connectivity index (χ4v) is 3.04. The van der Waals surface area contributed by atoms with Crippen LogP contribution in [0.3, 0.4) is 0 Å². The third kappa shape index (κ3) is 4.25. The van der Waals surface area contributed by atoms with Crippen molar-refractivity contribution in [3.05, 3.63) is 58.1 Å². The molecule has 0 bridgehead atoms. The standard InChI is InChI=1S/C17H15ClF3N5OS/c1-28-22-5-4-13-24-15-9(7-12(20)14(21)16(15)25-13)17(26-27)23-8-2-3-11(19)10(18)6-8/h2-3,6-7,22,27H,4-5H2,1H3,(H,23,26)(H,24,25). The van der Waals surface area contributed by atoms with E-state index in [4.69, 9.17) is 11.6 Å². The lowest BCUT2D eigenvalue weighted by atomic mass is 10.1. The highest BCUT2D eigenvalue weighted by atomic mass is 35.5. The molecule has 6 nitrogen and oxygen atoms in total. The van der Waals surface area contributed by atoms with Gasteiger partial charge in [-0.05, 0) is 30.5 Å². The molecule has 1 aromatic heterocycles. The van der Waals surface area contributed by atoms with Gasteiger partial charge in [0, 0.05) is 18.5 Å². The van der Waals surface area contributed by atoms with Gasteiger partial charge in [-0.15, -0.1) is 0 Å². The zero-order valence-electron chi connectivity index (χ0n) is 14.5. The molecule has 0 atom stereocenters. The van der Waals surface area contributed by atoms with Gasteiger partial charge in [-0.1, -0.05) is 23.5 Å². The minimum Gasteiger partial charge on any atom is -0.341 e. The van der Waals surface area contributed by atoms with Gasteiger partial charge >= 0.3 is 0 Å². The third-order valence-electron chi connectivity index (χ3n) is 3.82. The first kappa shape index (κ1) is 20.5. The van der Waals surface area contributed by atoms with Crippen molar-refractivity contribution in [2.45, 2.75) is 6.42 Å². The predicted molar refractivity (Wildman–Crippen MR) is 104 cm³/mol. The minimum atomic E-state index is -1.15. The number of imidazole rings is 1. The van der Waals surface area contributed by atoms with Crippen molar-refractivity contribution < 1.29 is 18.4 Å². The van der Waals surface area contributed by atoms with Crippen LogP contribution in [0.15, 0.2) is 29.3 Å². The topological polar surface area (TPSA) is 85.3 Å². The lowest BCUT2D eigenvalue weighted by Crippen LogP contribution is -2.21.